The van der Waals surface area contributed by atoms with Gasteiger partial charge in [0.2, 0.25) is 5.91 Å². The molecule has 1 amide bonds. The van der Waals surface area contributed by atoms with Crippen LogP contribution in [0.5, 0.6) is 0 Å². The highest BCUT2D eigenvalue weighted by Crippen LogP contribution is 2.14. The summed E-state index contributed by atoms with van der Waals surface area (Å²) in [5.41, 5.74) is 0. The molecule has 2 atom stereocenters. The van der Waals surface area contributed by atoms with Gasteiger partial charge in [-0.15, -0.1) is 0 Å². The maximum absolute atomic E-state index is 12.1. The van der Waals surface area contributed by atoms with Crippen LogP contribution in [0.2, 0.25) is 5.02 Å². The zero-order valence-electron chi connectivity index (χ0n) is 13.7. The summed E-state index contributed by atoms with van der Waals surface area (Å²) in [6.45, 7) is 7.52. The Hall–Kier alpha value is -1.21. The first kappa shape index (κ1) is 18.1. The molecule has 0 saturated carbocycles. The number of β-amino-alcohol motifs (C(OH)–C–C–N with tert-alkyl or cyclic N) is 1. The molecule has 0 aliphatic carbocycles. The molecular weight excluding hydrogens is 316 g/mol. The Bertz CT molecular complexity index is 509. The summed E-state index contributed by atoms with van der Waals surface area (Å²) in [4.78, 5) is 20.7. The van der Waals surface area contributed by atoms with E-state index in [1.807, 2.05) is 6.92 Å². The standard InChI is InChI=1S/C16H25ClN4O2/c1-3-14-10-20(6-7-21(14)9-12(2)22)11-16(23)19-15-5-4-13(17)8-18-15/h4-5,8,12,14,22H,3,6-7,9-11H2,1-2H3,(H,18,19,23)/t12-,14+/m0/s1. The molecular formula is C16H25ClN4O2. The fourth-order valence-electron chi connectivity index (χ4n) is 2.90. The van der Waals surface area contributed by atoms with Gasteiger partial charge in [0.05, 0.1) is 17.7 Å². The lowest BCUT2D eigenvalue weighted by Crippen LogP contribution is -2.55. The van der Waals surface area contributed by atoms with Crippen molar-refractivity contribution >= 4 is 23.3 Å². The van der Waals surface area contributed by atoms with Gasteiger partial charge in [-0.05, 0) is 25.5 Å². The van der Waals surface area contributed by atoms with Crippen molar-refractivity contribution in [1.82, 2.24) is 14.8 Å². The molecule has 2 rings (SSSR count). The van der Waals surface area contributed by atoms with Crippen LogP contribution in [0, 0.1) is 0 Å². The topological polar surface area (TPSA) is 68.7 Å². The highest BCUT2D eigenvalue weighted by molar-refractivity contribution is 6.30. The highest BCUT2D eigenvalue weighted by atomic mass is 35.5. The number of amides is 1. The van der Waals surface area contributed by atoms with Crippen LogP contribution >= 0.6 is 11.6 Å². The number of halogens is 1. The Morgan fingerprint density at radius 3 is 2.91 bits per heavy atom. The lowest BCUT2D eigenvalue weighted by molar-refractivity contribution is -0.118. The molecule has 128 valence electrons. The number of nitrogens with zero attached hydrogens (tertiary/aromatic N) is 3. The quantitative estimate of drug-likeness (QED) is 0.820. The maximum Gasteiger partial charge on any atom is 0.239 e. The van der Waals surface area contributed by atoms with Crippen LogP contribution < -0.4 is 5.32 Å². The molecule has 1 fully saturated rings. The predicted molar refractivity (Wildman–Crippen MR) is 91.6 cm³/mol. The van der Waals surface area contributed by atoms with Crippen molar-refractivity contribution in [2.75, 3.05) is 38.0 Å². The third kappa shape index (κ3) is 5.73. The van der Waals surface area contributed by atoms with E-state index in [1.54, 1.807) is 12.1 Å². The van der Waals surface area contributed by atoms with Gasteiger partial charge in [0.1, 0.15) is 5.82 Å². The third-order valence-electron chi connectivity index (χ3n) is 4.02. The maximum atomic E-state index is 12.1. The van der Waals surface area contributed by atoms with Gasteiger partial charge in [-0.2, -0.15) is 0 Å². The van der Waals surface area contributed by atoms with Gasteiger partial charge in [0.15, 0.2) is 0 Å². The molecule has 1 aromatic rings. The molecule has 1 aliphatic heterocycles. The molecule has 1 aliphatic rings. The number of hydrogen-bond acceptors (Lipinski definition) is 5. The zero-order chi connectivity index (χ0) is 16.8. The van der Waals surface area contributed by atoms with Crippen molar-refractivity contribution in [2.24, 2.45) is 0 Å². The molecule has 2 N–H and O–H groups in total. The van der Waals surface area contributed by atoms with E-state index in [-0.39, 0.29) is 12.0 Å². The van der Waals surface area contributed by atoms with Gasteiger partial charge in [0, 0.05) is 38.4 Å². The fourth-order valence-corrected chi connectivity index (χ4v) is 3.01. The summed E-state index contributed by atoms with van der Waals surface area (Å²) in [7, 11) is 0. The summed E-state index contributed by atoms with van der Waals surface area (Å²) in [6, 6.07) is 3.77. The van der Waals surface area contributed by atoms with E-state index in [9.17, 15) is 9.90 Å². The summed E-state index contributed by atoms with van der Waals surface area (Å²) in [6.07, 6.45) is 2.19. The minimum absolute atomic E-state index is 0.0707. The third-order valence-corrected chi connectivity index (χ3v) is 4.24. The summed E-state index contributed by atoms with van der Waals surface area (Å²) >= 11 is 5.78. The second kappa shape index (κ2) is 8.59. The molecule has 0 unspecified atom stereocenters. The fraction of sp³-hybridized carbons (Fsp3) is 0.625. The number of carbonyl (C=O) groups is 1. The Kier molecular flexibility index (Phi) is 6.77. The van der Waals surface area contributed by atoms with Crippen LogP contribution in [0.25, 0.3) is 0 Å². The second-order valence-electron chi connectivity index (χ2n) is 6.05. The van der Waals surface area contributed by atoms with E-state index in [1.165, 1.54) is 6.20 Å². The largest absolute Gasteiger partial charge is 0.392 e. The predicted octanol–water partition coefficient (Wildman–Crippen LogP) is 1.45. The molecule has 6 nitrogen and oxygen atoms in total. The van der Waals surface area contributed by atoms with E-state index in [4.69, 9.17) is 11.6 Å². The van der Waals surface area contributed by atoms with Crippen molar-refractivity contribution in [3.8, 4) is 0 Å². The Labute approximate surface area is 142 Å². The molecule has 23 heavy (non-hydrogen) atoms. The van der Waals surface area contributed by atoms with E-state index in [0.29, 0.717) is 30.0 Å². The number of nitrogens with one attached hydrogen (secondary N) is 1. The number of rotatable bonds is 6. The van der Waals surface area contributed by atoms with E-state index in [2.05, 4.69) is 27.0 Å². The molecule has 0 bridgehead atoms. The number of carbonyl (C=O) groups excluding carboxylic acids is 1. The van der Waals surface area contributed by atoms with Gasteiger partial charge >= 0.3 is 0 Å². The molecule has 2 heterocycles. The molecule has 1 aromatic heterocycles. The van der Waals surface area contributed by atoms with Gasteiger partial charge in [0.25, 0.3) is 0 Å². The van der Waals surface area contributed by atoms with Crippen molar-refractivity contribution in [3.05, 3.63) is 23.4 Å². The number of pyridine rings is 1. The zero-order valence-corrected chi connectivity index (χ0v) is 14.5. The number of aliphatic hydroxyl groups is 1. The molecule has 0 spiro atoms. The number of piperazine rings is 1. The number of anilines is 1. The van der Waals surface area contributed by atoms with Gasteiger partial charge in [-0.25, -0.2) is 4.98 Å². The molecule has 0 aromatic carbocycles. The second-order valence-corrected chi connectivity index (χ2v) is 6.49. The Morgan fingerprint density at radius 1 is 1.52 bits per heavy atom. The first-order valence-electron chi connectivity index (χ1n) is 8.03. The number of aliphatic hydroxyl groups excluding tert-OH is 1. The van der Waals surface area contributed by atoms with Crippen LogP contribution in [-0.2, 0) is 4.79 Å². The first-order chi connectivity index (χ1) is 11.0. The van der Waals surface area contributed by atoms with Crippen molar-refractivity contribution in [2.45, 2.75) is 32.4 Å². The average molecular weight is 341 g/mol. The SMILES string of the molecule is CC[C@@H]1CN(CC(=O)Nc2ccc(Cl)cn2)CCN1C[C@H](C)O. The highest BCUT2D eigenvalue weighted by Gasteiger charge is 2.27. The molecule has 7 heteroatoms. The smallest absolute Gasteiger partial charge is 0.239 e. The summed E-state index contributed by atoms with van der Waals surface area (Å²) in [5, 5.41) is 12.9. The lowest BCUT2D eigenvalue weighted by atomic mass is 10.1. The number of aromatic nitrogens is 1. The van der Waals surface area contributed by atoms with Crippen LogP contribution in [0.3, 0.4) is 0 Å². The van der Waals surface area contributed by atoms with Crippen LogP contribution in [0.1, 0.15) is 20.3 Å². The van der Waals surface area contributed by atoms with Gasteiger partial charge < -0.3 is 10.4 Å². The van der Waals surface area contributed by atoms with Crippen molar-refractivity contribution < 1.29 is 9.90 Å². The van der Waals surface area contributed by atoms with Gasteiger partial charge in [-0.1, -0.05) is 18.5 Å². The monoisotopic (exact) mass is 340 g/mol. The van der Waals surface area contributed by atoms with Crippen LogP contribution in [0.4, 0.5) is 5.82 Å². The summed E-state index contributed by atoms with van der Waals surface area (Å²) < 4.78 is 0. The normalized spacial score (nSPS) is 21.1. The van der Waals surface area contributed by atoms with Crippen molar-refractivity contribution in [1.29, 1.82) is 0 Å². The van der Waals surface area contributed by atoms with Crippen LogP contribution in [0.15, 0.2) is 18.3 Å². The van der Waals surface area contributed by atoms with E-state index >= 15 is 0 Å². The molecule has 1 saturated heterocycles. The van der Waals surface area contributed by atoms with E-state index in [0.717, 1.165) is 26.1 Å². The average Bonchev–Trinajstić information content (AvgIpc) is 2.50. The Balaban J connectivity index is 1.83. The summed E-state index contributed by atoms with van der Waals surface area (Å²) in [5.74, 6) is 0.442. The minimum atomic E-state index is -0.324. The van der Waals surface area contributed by atoms with Crippen LogP contribution in [-0.4, -0.2) is 70.7 Å². The molecule has 0 radical (unpaired) electrons. The van der Waals surface area contributed by atoms with E-state index < -0.39 is 0 Å². The lowest BCUT2D eigenvalue weighted by Gasteiger charge is -2.41. The first-order valence-corrected chi connectivity index (χ1v) is 8.41. The Morgan fingerprint density at radius 2 is 2.30 bits per heavy atom. The number of hydrogen-bond donors (Lipinski definition) is 2. The minimum Gasteiger partial charge on any atom is -0.392 e. The van der Waals surface area contributed by atoms with Crippen molar-refractivity contribution in [3.63, 3.8) is 0 Å². The van der Waals surface area contributed by atoms with Gasteiger partial charge in [-0.3, -0.25) is 14.6 Å².